The van der Waals surface area contributed by atoms with Gasteiger partial charge in [0.15, 0.2) is 11.2 Å². The minimum absolute atomic E-state index is 0.0578. The molecule has 20 heavy (non-hydrogen) atoms. The SMILES string of the molecule is CCCc1nc2c(c(=O)n(C)c(=O)n2C)n1CC(C)=O. The second-order valence-corrected chi connectivity index (χ2v) is 4.94. The molecular weight excluding hydrogens is 260 g/mol. The Morgan fingerprint density at radius 3 is 2.40 bits per heavy atom. The quantitative estimate of drug-likeness (QED) is 0.787. The molecule has 2 aromatic rings. The number of carbonyl (C=O) groups excluding carboxylic acids is 1. The summed E-state index contributed by atoms with van der Waals surface area (Å²) in [7, 11) is 3.00. The Labute approximate surface area is 115 Å². The van der Waals surface area contributed by atoms with Crippen molar-refractivity contribution in [3.8, 4) is 0 Å². The zero-order valence-electron chi connectivity index (χ0n) is 12.1. The number of hydrogen-bond donors (Lipinski definition) is 0. The van der Waals surface area contributed by atoms with Crippen molar-refractivity contribution in [2.24, 2.45) is 14.1 Å². The third kappa shape index (κ3) is 2.09. The molecular formula is C13H18N4O3. The zero-order chi connectivity index (χ0) is 15.0. The zero-order valence-corrected chi connectivity index (χ0v) is 12.1. The van der Waals surface area contributed by atoms with Crippen molar-refractivity contribution in [1.29, 1.82) is 0 Å². The summed E-state index contributed by atoms with van der Waals surface area (Å²) in [6, 6.07) is 0. The number of fused-ring (bicyclic) bond motifs is 1. The monoisotopic (exact) mass is 278 g/mol. The molecule has 0 fully saturated rings. The summed E-state index contributed by atoms with van der Waals surface area (Å²) in [5, 5.41) is 0. The van der Waals surface area contributed by atoms with E-state index in [1.54, 1.807) is 11.6 Å². The van der Waals surface area contributed by atoms with Crippen molar-refractivity contribution in [2.45, 2.75) is 33.2 Å². The lowest BCUT2D eigenvalue weighted by Crippen LogP contribution is -2.37. The highest BCUT2D eigenvalue weighted by atomic mass is 16.2. The van der Waals surface area contributed by atoms with Crippen molar-refractivity contribution in [3.05, 3.63) is 26.7 Å². The Hall–Kier alpha value is -2.18. The van der Waals surface area contributed by atoms with Crippen LogP contribution in [0.3, 0.4) is 0 Å². The first kappa shape index (κ1) is 14.2. The predicted molar refractivity (Wildman–Crippen MR) is 74.9 cm³/mol. The molecule has 0 aliphatic carbocycles. The van der Waals surface area contributed by atoms with Crippen LogP contribution in [0.2, 0.25) is 0 Å². The van der Waals surface area contributed by atoms with Gasteiger partial charge in [-0.05, 0) is 13.3 Å². The predicted octanol–water partition coefficient (Wildman–Crippen LogP) is -0.0248. The maximum atomic E-state index is 12.3. The summed E-state index contributed by atoms with van der Waals surface area (Å²) in [4.78, 5) is 40.0. The van der Waals surface area contributed by atoms with Crippen LogP contribution < -0.4 is 11.2 Å². The van der Waals surface area contributed by atoms with Gasteiger partial charge >= 0.3 is 5.69 Å². The number of aromatic nitrogens is 4. The number of imidazole rings is 1. The highest BCUT2D eigenvalue weighted by Gasteiger charge is 2.19. The van der Waals surface area contributed by atoms with E-state index >= 15 is 0 Å². The maximum Gasteiger partial charge on any atom is 0.332 e. The molecule has 0 aliphatic heterocycles. The Bertz CT molecular complexity index is 795. The van der Waals surface area contributed by atoms with Gasteiger partial charge in [0, 0.05) is 20.5 Å². The van der Waals surface area contributed by atoms with E-state index in [2.05, 4.69) is 4.98 Å². The Morgan fingerprint density at radius 1 is 1.20 bits per heavy atom. The summed E-state index contributed by atoms with van der Waals surface area (Å²) < 4.78 is 4.01. The van der Waals surface area contributed by atoms with Gasteiger partial charge in [0.05, 0.1) is 6.54 Å². The van der Waals surface area contributed by atoms with Gasteiger partial charge in [0.2, 0.25) is 0 Å². The first-order valence-electron chi connectivity index (χ1n) is 6.53. The first-order valence-corrected chi connectivity index (χ1v) is 6.53. The molecule has 0 radical (unpaired) electrons. The maximum absolute atomic E-state index is 12.3. The standard InChI is InChI=1S/C13H18N4O3/c1-5-6-9-14-11-10(17(9)7-8(2)18)12(19)16(4)13(20)15(11)3/h5-7H2,1-4H3. The van der Waals surface area contributed by atoms with E-state index in [1.807, 2.05) is 6.92 Å². The molecule has 7 nitrogen and oxygen atoms in total. The minimum Gasteiger partial charge on any atom is -0.315 e. The highest BCUT2D eigenvalue weighted by Crippen LogP contribution is 2.12. The Balaban J connectivity index is 2.93. The van der Waals surface area contributed by atoms with E-state index in [1.165, 1.54) is 18.5 Å². The molecule has 0 spiro atoms. The topological polar surface area (TPSA) is 78.9 Å². The highest BCUT2D eigenvalue weighted by molar-refractivity contribution is 5.79. The molecule has 0 aliphatic rings. The van der Waals surface area contributed by atoms with Gasteiger partial charge in [-0.25, -0.2) is 9.78 Å². The molecule has 0 bridgehead atoms. The normalized spacial score (nSPS) is 11.2. The van der Waals surface area contributed by atoms with Crippen LogP contribution in [0, 0.1) is 0 Å². The third-order valence-electron chi connectivity index (χ3n) is 3.28. The lowest BCUT2D eigenvalue weighted by atomic mass is 10.3. The number of hydrogen-bond acceptors (Lipinski definition) is 4. The van der Waals surface area contributed by atoms with Crippen molar-refractivity contribution < 1.29 is 4.79 Å². The fourth-order valence-corrected chi connectivity index (χ4v) is 2.30. The van der Waals surface area contributed by atoms with Crippen LogP contribution in [0.15, 0.2) is 9.59 Å². The summed E-state index contributed by atoms with van der Waals surface area (Å²) in [6.07, 6.45) is 1.49. The molecule has 7 heteroatoms. The summed E-state index contributed by atoms with van der Waals surface area (Å²) in [6.45, 7) is 3.56. The third-order valence-corrected chi connectivity index (χ3v) is 3.28. The smallest absolute Gasteiger partial charge is 0.315 e. The van der Waals surface area contributed by atoms with Crippen LogP contribution in [0.5, 0.6) is 0 Å². The van der Waals surface area contributed by atoms with Gasteiger partial charge in [-0.15, -0.1) is 0 Å². The van der Waals surface area contributed by atoms with Crippen LogP contribution in [0.4, 0.5) is 0 Å². The fourth-order valence-electron chi connectivity index (χ4n) is 2.30. The van der Waals surface area contributed by atoms with Gasteiger partial charge < -0.3 is 4.57 Å². The van der Waals surface area contributed by atoms with E-state index in [4.69, 9.17) is 0 Å². The summed E-state index contributed by atoms with van der Waals surface area (Å²) in [5.41, 5.74) is -0.187. The molecule has 0 N–H and O–H groups in total. The van der Waals surface area contributed by atoms with E-state index in [-0.39, 0.29) is 12.3 Å². The van der Waals surface area contributed by atoms with E-state index in [0.717, 1.165) is 11.0 Å². The molecule has 0 amide bonds. The Morgan fingerprint density at radius 2 is 1.85 bits per heavy atom. The second-order valence-electron chi connectivity index (χ2n) is 4.94. The van der Waals surface area contributed by atoms with Crippen molar-refractivity contribution in [1.82, 2.24) is 18.7 Å². The average Bonchev–Trinajstić information content (AvgIpc) is 2.73. The lowest BCUT2D eigenvalue weighted by molar-refractivity contribution is -0.117. The fraction of sp³-hybridized carbons (Fsp3) is 0.538. The van der Waals surface area contributed by atoms with Gasteiger partial charge in [0.1, 0.15) is 11.6 Å². The van der Waals surface area contributed by atoms with Crippen molar-refractivity contribution >= 4 is 16.9 Å². The molecule has 108 valence electrons. The van der Waals surface area contributed by atoms with Crippen molar-refractivity contribution in [2.75, 3.05) is 0 Å². The number of carbonyl (C=O) groups is 1. The molecule has 0 saturated heterocycles. The van der Waals surface area contributed by atoms with E-state index in [0.29, 0.717) is 23.4 Å². The molecule has 0 saturated carbocycles. The van der Waals surface area contributed by atoms with Crippen LogP contribution in [0.25, 0.3) is 11.2 Å². The number of rotatable bonds is 4. The molecule has 2 aromatic heterocycles. The second kappa shape index (κ2) is 5.07. The van der Waals surface area contributed by atoms with Crippen molar-refractivity contribution in [3.63, 3.8) is 0 Å². The summed E-state index contributed by atoms with van der Waals surface area (Å²) >= 11 is 0. The molecule has 2 heterocycles. The number of aryl methyl sites for hydroxylation is 2. The van der Waals surface area contributed by atoms with Crippen LogP contribution >= 0.6 is 0 Å². The molecule has 0 unspecified atom stereocenters. The molecule has 0 aromatic carbocycles. The lowest BCUT2D eigenvalue weighted by Gasteiger charge is -2.07. The van der Waals surface area contributed by atoms with Crippen LogP contribution in [-0.2, 0) is 31.9 Å². The largest absolute Gasteiger partial charge is 0.332 e. The van der Waals surface area contributed by atoms with E-state index in [9.17, 15) is 14.4 Å². The number of Topliss-reactive ketones (excluding diaryl/α,β-unsaturated/α-hetero) is 1. The van der Waals surface area contributed by atoms with Gasteiger partial charge in [-0.1, -0.05) is 6.92 Å². The van der Waals surface area contributed by atoms with Gasteiger partial charge in [-0.2, -0.15) is 0 Å². The number of ketones is 1. The van der Waals surface area contributed by atoms with Crippen LogP contribution in [-0.4, -0.2) is 24.5 Å². The molecule has 2 rings (SSSR count). The average molecular weight is 278 g/mol. The Kier molecular flexibility index (Phi) is 3.61. The summed E-state index contributed by atoms with van der Waals surface area (Å²) in [5.74, 6) is 0.605. The number of nitrogens with zero attached hydrogens (tertiary/aromatic N) is 4. The van der Waals surface area contributed by atoms with E-state index < -0.39 is 11.2 Å². The van der Waals surface area contributed by atoms with Gasteiger partial charge in [0.25, 0.3) is 5.56 Å². The first-order chi connectivity index (χ1) is 9.38. The van der Waals surface area contributed by atoms with Gasteiger partial charge in [-0.3, -0.25) is 18.7 Å². The van der Waals surface area contributed by atoms with Crippen LogP contribution in [0.1, 0.15) is 26.1 Å². The minimum atomic E-state index is -0.418. The molecule has 0 atom stereocenters.